The molecule has 19 heavy (non-hydrogen) atoms. The largest absolute Gasteiger partial charge is 0.382 e. The molecule has 2 aromatic heterocycles. The fourth-order valence-corrected chi connectivity index (χ4v) is 1.96. The van der Waals surface area contributed by atoms with E-state index in [1.807, 2.05) is 0 Å². The Morgan fingerprint density at radius 3 is 2.42 bits per heavy atom. The van der Waals surface area contributed by atoms with Gasteiger partial charge in [-0.2, -0.15) is 9.78 Å². The van der Waals surface area contributed by atoms with Gasteiger partial charge >= 0.3 is 0 Å². The first kappa shape index (κ1) is 14.1. The topological polar surface area (TPSA) is 69.6 Å². The molecule has 2 aromatic rings. The summed E-state index contributed by atoms with van der Waals surface area (Å²) in [5.41, 5.74) is 6.78. The van der Waals surface area contributed by atoms with E-state index in [1.165, 1.54) is 4.68 Å². The molecule has 0 aliphatic rings. The second-order valence-corrected chi connectivity index (χ2v) is 6.27. The summed E-state index contributed by atoms with van der Waals surface area (Å²) in [4.78, 5) is 0. The SMILES string of the molecule is CC(C)(C)Cc1nn(-c2ccc(Cl)nn2)c(N)c1Cl. The van der Waals surface area contributed by atoms with Crippen molar-refractivity contribution in [2.75, 3.05) is 5.73 Å². The number of anilines is 1. The minimum atomic E-state index is 0.0704. The van der Waals surface area contributed by atoms with Crippen molar-refractivity contribution in [1.29, 1.82) is 0 Å². The lowest BCUT2D eigenvalue weighted by Gasteiger charge is -2.16. The van der Waals surface area contributed by atoms with Gasteiger partial charge in [-0.05, 0) is 24.0 Å². The van der Waals surface area contributed by atoms with E-state index in [-0.39, 0.29) is 5.41 Å². The highest BCUT2D eigenvalue weighted by Crippen LogP contribution is 2.30. The molecular formula is C12H15Cl2N5. The van der Waals surface area contributed by atoms with E-state index in [0.29, 0.717) is 21.8 Å². The molecule has 0 aliphatic heterocycles. The van der Waals surface area contributed by atoms with Gasteiger partial charge in [-0.15, -0.1) is 10.2 Å². The van der Waals surface area contributed by atoms with Gasteiger partial charge in [-0.1, -0.05) is 44.0 Å². The normalized spacial score (nSPS) is 11.8. The molecule has 0 aromatic carbocycles. The van der Waals surface area contributed by atoms with Crippen LogP contribution in [0.1, 0.15) is 26.5 Å². The Morgan fingerprint density at radius 1 is 1.21 bits per heavy atom. The summed E-state index contributed by atoms with van der Waals surface area (Å²) < 4.78 is 1.48. The molecule has 2 heterocycles. The van der Waals surface area contributed by atoms with Crippen LogP contribution in [-0.4, -0.2) is 20.0 Å². The molecule has 0 spiro atoms. The Kier molecular flexibility index (Phi) is 3.69. The van der Waals surface area contributed by atoms with Crippen LogP contribution in [-0.2, 0) is 6.42 Å². The first-order valence-electron chi connectivity index (χ1n) is 5.80. The van der Waals surface area contributed by atoms with Crippen LogP contribution in [0.5, 0.6) is 0 Å². The van der Waals surface area contributed by atoms with Gasteiger partial charge in [0.1, 0.15) is 10.8 Å². The van der Waals surface area contributed by atoms with E-state index in [4.69, 9.17) is 28.9 Å². The molecule has 0 atom stereocenters. The molecule has 0 unspecified atom stereocenters. The van der Waals surface area contributed by atoms with E-state index in [2.05, 4.69) is 36.1 Å². The Labute approximate surface area is 121 Å². The molecule has 0 bridgehead atoms. The molecule has 0 saturated heterocycles. The third kappa shape index (κ3) is 3.16. The fourth-order valence-electron chi connectivity index (χ4n) is 1.67. The van der Waals surface area contributed by atoms with E-state index < -0.39 is 0 Å². The minimum absolute atomic E-state index is 0.0704. The second kappa shape index (κ2) is 4.98. The number of nitrogen functional groups attached to an aromatic ring is 1. The summed E-state index contributed by atoms with van der Waals surface area (Å²) in [6.07, 6.45) is 0.726. The zero-order chi connectivity index (χ0) is 14.2. The summed E-state index contributed by atoms with van der Waals surface area (Å²) in [5.74, 6) is 0.849. The Balaban J connectivity index is 2.43. The zero-order valence-electron chi connectivity index (χ0n) is 11.0. The molecule has 2 N–H and O–H groups in total. The fraction of sp³-hybridized carbons (Fsp3) is 0.417. The lowest BCUT2D eigenvalue weighted by Crippen LogP contribution is -2.10. The van der Waals surface area contributed by atoms with Gasteiger partial charge in [0.15, 0.2) is 11.0 Å². The van der Waals surface area contributed by atoms with Gasteiger partial charge in [0.2, 0.25) is 0 Å². The van der Waals surface area contributed by atoms with Crippen LogP contribution in [0.25, 0.3) is 5.82 Å². The zero-order valence-corrected chi connectivity index (χ0v) is 12.5. The smallest absolute Gasteiger partial charge is 0.178 e. The highest BCUT2D eigenvalue weighted by Gasteiger charge is 2.21. The summed E-state index contributed by atoms with van der Waals surface area (Å²) in [6, 6.07) is 3.32. The summed E-state index contributed by atoms with van der Waals surface area (Å²) in [7, 11) is 0. The van der Waals surface area contributed by atoms with Gasteiger partial charge < -0.3 is 5.73 Å². The molecule has 0 fully saturated rings. The van der Waals surface area contributed by atoms with Crippen LogP contribution >= 0.6 is 23.2 Å². The monoisotopic (exact) mass is 299 g/mol. The van der Waals surface area contributed by atoms with Gasteiger partial charge in [0, 0.05) is 0 Å². The van der Waals surface area contributed by atoms with Crippen LogP contribution < -0.4 is 5.73 Å². The maximum atomic E-state index is 6.22. The third-order valence-corrected chi connectivity index (χ3v) is 3.07. The first-order chi connectivity index (χ1) is 8.78. The van der Waals surface area contributed by atoms with E-state index in [9.17, 15) is 0 Å². The van der Waals surface area contributed by atoms with Crippen molar-refractivity contribution in [3.63, 3.8) is 0 Å². The molecule has 5 nitrogen and oxygen atoms in total. The highest BCUT2D eigenvalue weighted by molar-refractivity contribution is 6.33. The molecular weight excluding hydrogens is 285 g/mol. The lowest BCUT2D eigenvalue weighted by molar-refractivity contribution is 0.405. The molecule has 102 valence electrons. The molecule has 7 heteroatoms. The van der Waals surface area contributed by atoms with Crippen LogP contribution in [0, 0.1) is 5.41 Å². The maximum Gasteiger partial charge on any atom is 0.178 e. The first-order valence-corrected chi connectivity index (χ1v) is 6.56. The summed E-state index contributed by atoms with van der Waals surface area (Å²) in [6.45, 7) is 6.34. The maximum absolute atomic E-state index is 6.22. The Morgan fingerprint density at radius 2 is 1.89 bits per heavy atom. The standard InChI is InChI=1S/C12H15Cl2N5/c1-12(2,3)6-7-10(14)11(15)19(18-7)9-5-4-8(13)16-17-9/h4-5H,6,15H2,1-3H3. The van der Waals surface area contributed by atoms with Crippen molar-refractivity contribution in [2.45, 2.75) is 27.2 Å². The third-order valence-electron chi connectivity index (χ3n) is 2.46. The highest BCUT2D eigenvalue weighted by atomic mass is 35.5. The van der Waals surface area contributed by atoms with Gasteiger partial charge in [-0.3, -0.25) is 0 Å². The van der Waals surface area contributed by atoms with Crippen LogP contribution in [0.15, 0.2) is 12.1 Å². The van der Waals surface area contributed by atoms with Crippen LogP contribution in [0.2, 0.25) is 10.2 Å². The van der Waals surface area contributed by atoms with E-state index >= 15 is 0 Å². The van der Waals surface area contributed by atoms with Gasteiger partial charge in [-0.25, -0.2) is 0 Å². The quantitative estimate of drug-likeness (QED) is 0.925. The average Bonchev–Trinajstić information content (AvgIpc) is 2.57. The number of hydrogen-bond donors (Lipinski definition) is 1. The van der Waals surface area contributed by atoms with Crippen molar-refractivity contribution in [3.8, 4) is 5.82 Å². The van der Waals surface area contributed by atoms with Crippen LogP contribution in [0.3, 0.4) is 0 Å². The van der Waals surface area contributed by atoms with Crippen molar-refractivity contribution in [3.05, 3.63) is 28.0 Å². The molecule has 0 amide bonds. The van der Waals surface area contributed by atoms with Crippen molar-refractivity contribution in [2.24, 2.45) is 5.41 Å². The number of nitrogens with two attached hydrogens (primary N) is 1. The van der Waals surface area contributed by atoms with Crippen molar-refractivity contribution < 1.29 is 0 Å². The van der Waals surface area contributed by atoms with Crippen molar-refractivity contribution in [1.82, 2.24) is 20.0 Å². The predicted molar refractivity (Wildman–Crippen MR) is 76.7 cm³/mol. The Bertz CT molecular complexity index is 583. The number of halogens is 2. The Hall–Kier alpha value is -1.33. The molecule has 0 saturated carbocycles. The second-order valence-electron chi connectivity index (χ2n) is 5.51. The van der Waals surface area contributed by atoms with E-state index in [0.717, 1.165) is 12.1 Å². The lowest BCUT2D eigenvalue weighted by atomic mass is 9.91. The molecule has 0 aliphatic carbocycles. The number of aromatic nitrogens is 4. The number of rotatable bonds is 2. The van der Waals surface area contributed by atoms with Crippen LogP contribution in [0.4, 0.5) is 5.82 Å². The van der Waals surface area contributed by atoms with Gasteiger partial charge in [0.25, 0.3) is 0 Å². The summed E-state index contributed by atoms with van der Waals surface area (Å²) >= 11 is 11.9. The summed E-state index contributed by atoms with van der Waals surface area (Å²) in [5, 5.41) is 12.9. The predicted octanol–water partition coefficient (Wildman–Crippen LogP) is 3.14. The number of hydrogen-bond acceptors (Lipinski definition) is 4. The molecule has 0 radical (unpaired) electrons. The molecule has 2 rings (SSSR count). The van der Waals surface area contributed by atoms with Gasteiger partial charge in [0.05, 0.1) is 5.69 Å². The van der Waals surface area contributed by atoms with E-state index in [1.54, 1.807) is 12.1 Å². The minimum Gasteiger partial charge on any atom is -0.382 e. The average molecular weight is 300 g/mol. The number of nitrogens with zero attached hydrogens (tertiary/aromatic N) is 4. The van der Waals surface area contributed by atoms with Crippen molar-refractivity contribution >= 4 is 29.0 Å².